The van der Waals surface area contributed by atoms with Crippen molar-refractivity contribution in [1.29, 1.82) is 0 Å². The molecule has 1 aromatic carbocycles. The fourth-order valence-electron chi connectivity index (χ4n) is 2.30. The van der Waals surface area contributed by atoms with Crippen LogP contribution in [0.3, 0.4) is 0 Å². The Kier molecular flexibility index (Phi) is 4.01. The summed E-state index contributed by atoms with van der Waals surface area (Å²) in [6, 6.07) is 9.16. The highest BCUT2D eigenvalue weighted by molar-refractivity contribution is 6.32. The van der Waals surface area contributed by atoms with Crippen LogP contribution in [0.5, 0.6) is 0 Å². The van der Waals surface area contributed by atoms with Crippen LogP contribution in [0.2, 0.25) is 0 Å². The molecular formula is C17H14N2O5. The van der Waals surface area contributed by atoms with Gasteiger partial charge in [0, 0.05) is 0 Å². The normalized spacial score (nSPS) is 15.9. The van der Waals surface area contributed by atoms with Crippen LogP contribution >= 0.6 is 0 Å². The summed E-state index contributed by atoms with van der Waals surface area (Å²) in [6.45, 7) is 1.48. The molecule has 1 aromatic heterocycles. The lowest BCUT2D eigenvalue weighted by atomic mass is 10.1. The van der Waals surface area contributed by atoms with Crippen molar-refractivity contribution < 1.29 is 24.2 Å². The van der Waals surface area contributed by atoms with E-state index < -0.39 is 5.97 Å². The number of hydrogen-bond donors (Lipinski definition) is 2. The van der Waals surface area contributed by atoms with Gasteiger partial charge in [0.15, 0.2) is 0 Å². The highest BCUT2D eigenvalue weighted by Crippen LogP contribution is 2.25. The van der Waals surface area contributed by atoms with Crippen LogP contribution in [0.15, 0.2) is 51.5 Å². The molecule has 1 amide bonds. The fraction of sp³-hybridized carbons (Fsp3) is 0.118. The summed E-state index contributed by atoms with van der Waals surface area (Å²) in [5, 5.41) is 23.4. The second-order valence-electron chi connectivity index (χ2n) is 5.17. The van der Waals surface area contributed by atoms with Gasteiger partial charge in [-0.05, 0) is 49.4 Å². The second-order valence-corrected chi connectivity index (χ2v) is 5.17. The predicted molar refractivity (Wildman–Crippen MR) is 86.6 cm³/mol. The van der Waals surface area contributed by atoms with E-state index in [1.807, 2.05) is 0 Å². The van der Waals surface area contributed by atoms with E-state index in [0.717, 1.165) is 0 Å². The molecule has 1 aliphatic heterocycles. The molecule has 0 aliphatic carbocycles. The first-order chi connectivity index (χ1) is 11.5. The summed E-state index contributed by atoms with van der Waals surface area (Å²) in [5.74, 6) is -0.521. The van der Waals surface area contributed by atoms with Gasteiger partial charge in [-0.25, -0.2) is 4.79 Å². The Balaban J connectivity index is 1.88. The molecule has 24 heavy (non-hydrogen) atoms. The van der Waals surface area contributed by atoms with E-state index in [-0.39, 0.29) is 18.1 Å². The Hall–Kier alpha value is -3.19. The van der Waals surface area contributed by atoms with Crippen molar-refractivity contribution >= 4 is 29.4 Å². The maximum Gasteiger partial charge on any atom is 0.335 e. The molecular weight excluding hydrogens is 312 g/mol. The van der Waals surface area contributed by atoms with Gasteiger partial charge in [0.25, 0.3) is 5.91 Å². The monoisotopic (exact) mass is 326 g/mol. The van der Waals surface area contributed by atoms with Gasteiger partial charge >= 0.3 is 5.97 Å². The summed E-state index contributed by atoms with van der Waals surface area (Å²) in [6.07, 6.45) is 1.56. The lowest BCUT2D eigenvalue weighted by Crippen LogP contribution is -2.21. The molecule has 0 saturated heterocycles. The number of nitrogens with zero attached hydrogens (tertiary/aromatic N) is 2. The Morgan fingerprint density at radius 2 is 1.96 bits per heavy atom. The van der Waals surface area contributed by atoms with Gasteiger partial charge in [0.2, 0.25) is 0 Å². The summed E-state index contributed by atoms with van der Waals surface area (Å²) in [4.78, 5) is 23.4. The number of carboxylic acid groups (broad SMARTS) is 1. The molecule has 7 nitrogen and oxygen atoms in total. The molecule has 2 aromatic rings. The molecule has 1 aliphatic rings. The van der Waals surface area contributed by atoms with Crippen molar-refractivity contribution in [3.8, 4) is 0 Å². The van der Waals surface area contributed by atoms with Gasteiger partial charge in [-0.2, -0.15) is 10.1 Å². The van der Waals surface area contributed by atoms with Gasteiger partial charge in [0.05, 0.1) is 22.5 Å². The lowest BCUT2D eigenvalue weighted by Gasteiger charge is -2.11. The van der Waals surface area contributed by atoms with Crippen LogP contribution in [0.1, 0.15) is 28.8 Å². The molecule has 0 radical (unpaired) electrons. The largest absolute Gasteiger partial charge is 0.478 e. The van der Waals surface area contributed by atoms with Crippen LogP contribution in [0.4, 0.5) is 5.69 Å². The van der Waals surface area contributed by atoms with E-state index >= 15 is 0 Å². The minimum atomic E-state index is -1.04. The molecule has 7 heteroatoms. The number of amides is 1. The van der Waals surface area contributed by atoms with Crippen molar-refractivity contribution in [1.82, 2.24) is 0 Å². The van der Waals surface area contributed by atoms with Crippen LogP contribution in [0.25, 0.3) is 6.08 Å². The second kappa shape index (κ2) is 6.13. The van der Waals surface area contributed by atoms with Crippen LogP contribution < -0.4 is 5.01 Å². The van der Waals surface area contributed by atoms with Crippen molar-refractivity contribution in [2.75, 3.05) is 5.01 Å². The number of carboxylic acids is 1. The molecule has 2 heterocycles. The van der Waals surface area contributed by atoms with Gasteiger partial charge < -0.3 is 14.6 Å². The number of carbonyl (C=O) groups is 2. The topological polar surface area (TPSA) is 103 Å². The number of hydrogen-bond acceptors (Lipinski definition) is 5. The Morgan fingerprint density at radius 3 is 2.54 bits per heavy atom. The van der Waals surface area contributed by atoms with Gasteiger partial charge in [-0.3, -0.25) is 4.79 Å². The number of aliphatic hydroxyl groups excluding tert-OH is 1. The third-order valence-corrected chi connectivity index (χ3v) is 3.55. The van der Waals surface area contributed by atoms with Crippen LogP contribution in [-0.2, 0) is 11.4 Å². The SMILES string of the molecule is CC1=NN(c2ccc(C(=O)O)cc2)C(=O)/C1=C\c1ccc(CO)o1. The van der Waals surface area contributed by atoms with Gasteiger partial charge in [-0.1, -0.05) is 0 Å². The van der Waals surface area contributed by atoms with Crippen LogP contribution in [0, 0.1) is 0 Å². The molecule has 0 bridgehead atoms. The molecule has 122 valence electrons. The van der Waals surface area contributed by atoms with E-state index in [1.54, 1.807) is 25.1 Å². The number of hydrazone groups is 1. The summed E-state index contributed by atoms with van der Waals surface area (Å²) >= 11 is 0. The smallest absolute Gasteiger partial charge is 0.335 e. The number of benzene rings is 1. The number of anilines is 1. The van der Waals surface area contributed by atoms with Crippen molar-refractivity contribution in [2.45, 2.75) is 13.5 Å². The lowest BCUT2D eigenvalue weighted by molar-refractivity contribution is -0.114. The standard InChI is InChI=1S/C17H14N2O5/c1-10-15(8-13-6-7-14(9-20)24-13)16(21)19(18-10)12-4-2-11(3-5-12)17(22)23/h2-8,20H,9H2,1H3,(H,22,23)/b15-8-. The summed E-state index contributed by atoms with van der Waals surface area (Å²) in [7, 11) is 0. The average Bonchev–Trinajstić information content (AvgIpc) is 3.14. The Labute approximate surface area is 137 Å². The van der Waals surface area contributed by atoms with E-state index in [0.29, 0.717) is 28.5 Å². The first-order valence-corrected chi connectivity index (χ1v) is 7.14. The third-order valence-electron chi connectivity index (χ3n) is 3.55. The molecule has 3 rings (SSSR count). The highest BCUT2D eigenvalue weighted by atomic mass is 16.4. The zero-order valence-electron chi connectivity index (χ0n) is 12.8. The average molecular weight is 326 g/mol. The molecule has 0 fully saturated rings. The van der Waals surface area contributed by atoms with Crippen LogP contribution in [-0.4, -0.2) is 27.8 Å². The first-order valence-electron chi connectivity index (χ1n) is 7.14. The summed E-state index contributed by atoms with van der Waals surface area (Å²) < 4.78 is 5.36. The minimum Gasteiger partial charge on any atom is -0.478 e. The first kappa shape index (κ1) is 15.7. The van der Waals surface area contributed by atoms with Crippen molar-refractivity contribution in [3.63, 3.8) is 0 Å². The van der Waals surface area contributed by atoms with E-state index in [1.165, 1.54) is 29.3 Å². The molecule has 0 spiro atoms. The number of aliphatic hydroxyl groups is 1. The number of rotatable bonds is 4. The molecule has 2 N–H and O–H groups in total. The zero-order chi connectivity index (χ0) is 17.3. The quantitative estimate of drug-likeness (QED) is 0.839. The maximum absolute atomic E-state index is 12.6. The zero-order valence-corrected chi connectivity index (χ0v) is 12.8. The van der Waals surface area contributed by atoms with E-state index in [2.05, 4.69) is 5.10 Å². The maximum atomic E-state index is 12.6. The molecule has 0 saturated carbocycles. The number of carbonyl (C=O) groups excluding carboxylic acids is 1. The highest BCUT2D eigenvalue weighted by Gasteiger charge is 2.29. The molecule has 0 atom stereocenters. The Morgan fingerprint density at radius 1 is 1.25 bits per heavy atom. The number of aromatic carboxylic acids is 1. The van der Waals surface area contributed by atoms with Gasteiger partial charge in [0.1, 0.15) is 18.1 Å². The third kappa shape index (κ3) is 2.84. The van der Waals surface area contributed by atoms with E-state index in [9.17, 15) is 9.59 Å². The molecule has 0 unspecified atom stereocenters. The number of furan rings is 1. The summed E-state index contributed by atoms with van der Waals surface area (Å²) in [5.41, 5.74) is 1.50. The van der Waals surface area contributed by atoms with Gasteiger partial charge in [-0.15, -0.1) is 0 Å². The predicted octanol–water partition coefficient (Wildman–Crippen LogP) is 2.28. The van der Waals surface area contributed by atoms with Crippen molar-refractivity contribution in [2.24, 2.45) is 5.10 Å². The van der Waals surface area contributed by atoms with Crippen molar-refractivity contribution in [3.05, 3.63) is 59.1 Å². The minimum absolute atomic E-state index is 0.133. The fourth-order valence-corrected chi connectivity index (χ4v) is 2.30. The Bertz CT molecular complexity index is 861. The van der Waals surface area contributed by atoms with E-state index in [4.69, 9.17) is 14.6 Å².